The van der Waals surface area contributed by atoms with Crippen molar-refractivity contribution in [2.45, 2.75) is 51.6 Å². The van der Waals surface area contributed by atoms with Crippen LogP contribution in [0.2, 0.25) is 5.02 Å². The Hall–Kier alpha value is -3.09. The van der Waals surface area contributed by atoms with Gasteiger partial charge in [-0.1, -0.05) is 93.5 Å². The fourth-order valence-electron chi connectivity index (χ4n) is 4.00. The third kappa shape index (κ3) is 5.82. The first-order valence-electron chi connectivity index (χ1n) is 12.0. The molecule has 0 saturated heterocycles. The summed E-state index contributed by atoms with van der Waals surface area (Å²) in [7, 11) is 0. The van der Waals surface area contributed by atoms with E-state index in [0.717, 1.165) is 34.5 Å². The highest BCUT2D eigenvalue weighted by molar-refractivity contribution is 7.99. The number of aromatic nitrogens is 3. The van der Waals surface area contributed by atoms with Crippen molar-refractivity contribution in [1.82, 2.24) is 14.8 Å². The molecule has 1 N–H and O–H groups in total. The molecular weight excluding hydrogens is 488 g/mol. The van der Waals surface area contributed by atoms with Crippen LogP contribution in [-0.2, 0) is 16.6 Å². The maximum absolute atomic E-state index is 12.9. The van der Waals surface area contributed by atoms with Gasteiger partial charge in [-0.25, -0.2) is 0 Å². The van der Waals surface area contributed by atoms with Gasteiger partial charge in [0.1, 0.15) is 0 Å². The molecule has 0 spiro atoms. The summed E-state index contributed by atoms with van der Waals surface area (Å²) in [5.74, 6) is 0.852. The van der Waals surface area contributed by atoms with Crippen LogP contribution in [-0.4, -0.2) is 26.4 Å². The Morgan fingerprint density at radius 2 is 1.69 bits per heavy atom. The number of aryl methyl sites for hydroxylation is 2. The molecule has 5 nitrogen and oxygen atoms in total. The molecule has 0 aliphatic rings. The van der Waals surface area contributed by atoms with Gasteiger partial charge in [-0.3, -0.25) is 9.36 Å². The molecule has 0 atom stereocenters. The van der Waals surface area contributed by atoms with Gasteiger partial charge in [-0.05, 0) is 59.7 Å². The summed E-state index contributed by atoms with van der Waals surface area (Å²) in [6.07, 6.45) is 0.854. The second kappa shape index (κ2) is 10.9. The SMILES string of the molecule is CCc1cccc(C)c1NC(=O)CSc1nnc(-c2ccc(C(C)(C)C)cc2)n1-c1ccc(Cl)cc1. The van der Waals surface area contributed by atoms with Crippen LogP contribution in [0.15, 0.2) is 71.9 Å². The monoisotopic (exact) mass is 518 g/mol. The molecular formula is C29H31ClN4OS. The molecule has 0 fully saturated rings. The lowest BCUT2D eigenvalue weighted by Crippen LogP contribution is -2.16. The lowest BCUT2D eigenvalue weighted by molar-refractivity contribution is -0.113. The van der Waals surface area contributed by atoms with E-state index in [1.807, 2.05) is 54.0 Å². The van der Waals surface area contributed by atoms with Crippen LogP contribution in [0, 0.1) is 6.92 Å². The molecule has 1 heterocycles. The van der Waals surface area contributed by atoms with Gasteiger partial charge < -0.3 is 5.32 Å². The topological polar surface area (TPSA) is 59.8 Å². The molecule has 1 amide bonds. The van der Waals surface area contributed by atoms with E-state index in [-0.39, 0.29) is 17.1 Å². The van der Waals surface area contributed by atoms with E-state index >= 15 is 0 Å². The number of nitrogens with zero attached hydrogens (tertiary/aromatic N) is 3. The van der Waals surface area contributed by atoms with Crippen molar-refractivity contribution >= 4 is 35.0 Å². The molecule has 3 aromatic carbocycles. The predicted octanol–water partition coefficient (Wildman–Crippen LogP) is 7.49. The van der Waals surface area contributed by atoms with Gasteiger partial charge in [0, 0.05) is 22.0 Å². The number of benzene rings is 3. The molecule has 7 heteroatoms. The van der Waals surface area contributed by atoms with Crippen molar-refractivity contribution in [2.24, 2.45) is 0 Å². The Morgan fingerprint density at radius 3 is 2.33 bits per heavy atom. The van der Waals surface area contributed by atoms with Crippen LogP contribution < -0.4 is 5.32 Å². The van der Waals surface area contributed by atoms with Crippen LogP contribution in [0.1, 0.15) is 44.4 Å². The number of anilines is 1. The Bertz CT molecular complexity index is 1360. The summed E-state index contributed by atoms with van der Waals surface area (Å²) in [5, 5.41) is 13.4. The average Bonchev–Trinajstić information content (AvgIpc) is 3.28. The summed E-state index contributed by atoms with van der Waals surface area (Å²) in [4.78, 5) is 12.9. The number of carbonyl (C=O) groups excluding carboxylic acids is 1. The van der Waals surface area contributed by atoms with Gasteiger partial charge in [0.15, 0.2) is 11.0 Å². The van der Waals surface area contributed by atoms with Gasteiger partial charge >= 0.3 is 0 Å². The highest BCUT2D eigenvalue weighted by Crippen LogP contribution is 2.31. The molecule has 4 rings (SSSR count). The minimum atomic E-state index is -0.0780. The van der Waals surface area contributed by atoms with Gasteiger partial charge in [0.05, 0.1) is 5.75 Å². The molecule has 0 aliphatic carbocycles. The molecule has 0 unspecified atom stereocenters. The van der Waals surface area contributed by atoms with E-state index in [4.69, 9.17) is 11.6 Å². The number of nitrogens with one attached hydrogen (secondary N) is 1. The van der Waals surface area contributed by atoms with E-state index < -0.39 is 0 Å². The van der Waals surface area contributed by atoms with Gasteiger partial charge in [0.2, 0.25) is 5.91 Å². The highest BCUT2D eigenvalue weighted by Gasteiger charge is 2.19. The zero-order chi connectivity index (χ0) is 25.9. The summed E-state index contributed by atoms with van der Waals surface area (Å²) in [5.41, 5.74) is 6.22. The molecule has 4 aromatic rings. The second-order valence-corrected chi connectivity index (χ2v) is 11.1. The van der Waals surface area contributed by atoms with Gasteiger partial charge in [0.25, 0.3) is 0 Å². The van der Waals surface area contributed by atoms with Crippen molar-refractivity contribution in [3.8, 4) is 17.1 Å². The first-order valence-corrected chi connectivity index (χ1v) is 13.4. The first kappa shape index (κ1) is 26.0. The smallest absolute Gasteiger partial charge is 0.234 e. The quantitative estimate of drug-likeness (QED) is 0.257. The summed E-state index contributed by atoms with van der Waals surface area (Å²) < 4.78 is 1.98. The minimum Gasteiger partial charge on any atom is -0.325 e. The number of thioether (sulfide) groups is 1. The third-order valence-corrected chi connectivity index (χ3v) is 7.25. The summed E-state index contributed by atoms with van der Waals surface area (Å²) >= 11 is 7.51. The third-order valence-electron chi connectivity index (χ3n) is 6.06. The standard InChI is InChI=1S/C29H31ClN4OS/c1-6-20-9-7-8-19(2)26(20)31-25(35)18-36-28-33-32-27(34(28)24-16-14-23(30)15-17-24)21-10-12-22(13-11-21)29(3,4)5/h7-17H,6,18H2,1-5H3,(H,31,35). The van der Waals surface area contributed by atoms with Crippen molar-refractivity contribution in [3.63, 3.8) is 0 Å². The number of hydrogen-bond acceptors (Lipinski definition) is 4. The maximum atomic E-state index is 12.9. The molecule has 0 aliphatic heterocycles. The normalized spacial score (nSPS) is 11.5. The van der Waals surface area contributed by atoms with Crippen molar-refractivity contribution < 1.29 is 4.79 Å². The average molecular weight is 519 g/mol. The molecule has 0 bridgehead atoms. The van der Waals surface area contributed by atoms with Crippen molar-refractivity contribution in [3.05, 3.63) is 88.4 Å². The Kier molecular flexibility index (Phi) is 7.86. The van der Waals surface area contributed by atoms with Crippen molar-refractivity contribution in [1.29, 1.82) is 0 Å². The van der Waals surface area contributed by atoms with Crippen LogP contribution in [0.3, 0.4) is 0 Å². The minimum absolute atomic E-state index is 0.0610. The van der Waals surface area contributed by atoms with Gasteiger partial charge in [-0.2, -0.15) is 0 Å². The number of hydrogen-bond donors (Lipinski definition) is 1. The van der Waals surface area contributed by atoms with E-state index in [1.54, 1.807) is 0 Å². The Labute approximate surface area is 222 Å². The fourth-order valence-corrected chi connectivity index (χ4v) is 4.88. The fraction of sp³-hybridized carbons (Fsp3) is 0.276. The lowest BCUT2D eigenvalue weighted by Gasteiger charge is -2.19. The molecule has 36 heavy (non-hydrogen) atoms. The molecule has 186 valence electrons. The van der Waals surface area contributed by atoms with E-state index in [0.29, 0.717) is 16.0 Å². The van der Waals surface area contributed by atoms with Crippen LogP contribution in [0.25, 0.3) is 17.1 Å². The summed E-state index contributed by atoms with van der Waals surface area (Å²) in [6.45, 7) is 10.7. The van der Waals surface area contributed by atoms with Gasteiger partial charge in [-0.15, -0.1) is 10.2 Å². The molecule has 1 aromatic heterocycles. The largest absolute Gasteiger partial charge is 0.325 e. The molecule has 0 saturated carbocycles. The number of amides is 1. The van der Waals surface area contributed by atoms with E-state index in [9.17, 15) is 4.79 Å². The van der Waals surface area contributed by atoms with Crippen LogP contribution >= 0.6 is 23.4 Å². The van der Waals surface area contributed by atoms with Crippen LogP contribution in [0.5, 0.6) is 0 Å². The first-order chi connectivity index (χ1) is 17.2. The Balaban J connectivity index is 1.62. The lowest BCUT2D eigenvalue weighted by atomic mass is 9.87. The zero-order valence-electron chi connectivity index (χ0n) is 21.3. The molecule has 0 radical (unpaired) electrons. The number of carbonyl (C=O) groups is 1. The van der Waals surface area contributed by atoms with Crippen LogP contribution in [0.4, 0.5) is 5.69 Å². The number of halogens is 1. The number of para-hydroxylation sites is 1. The summed E-state index contributed by atoms with van der Waals surface area (Å²) in [6, 6.07) is 22.0. The van der Waals surface area contributed by atoms with E-state index in [2.05, 4.69) is 67.5 Å². The van der Waals surface area contributed by atoms with Crippen molar-refractivity contribution in [2.75, 3.05) is 11.1 Å². The van der Waals surface area contributed by atoms with E-state index in [1.165, 1.54) is 17.3 Å². The maximum Gasteiger partial charge on any atom is 0.234 e. The zero-order valence-corrected chi connectivity index (χ0v) is 22.9. The second-order valence-electron chi connectivity index (χ2n) is 9.74. The number of rotatable bonds is 7. The Morgan fingerprint density at radius 1 is 1.00 bits per heavy atom. The highest BCUT2D eigenvalue weighted by atomic mass is 35.5. The predicted molar refractivity (Wildman–Crippen MR) is 150 cm³/mol.